The van der Waals surface area contributed by atoms with E-state index in [2.05, 4.69) is 18.7 Å². The molecule has 15 heavy (non-hydrogen) atoms. The lowest BCUT2D eigenvalue weighted by Crippen LogP contribution is -2.24. The van der Waals surface area contributed by atoms with Crippen molar-refractivity contribution in [1.29, 1.82) is 0 Å². The smallest absolute Gasteiger partial charge is 0.0550 e. The third kappa shape index (κ3) is 3.67. The van der Waals surface area contributed by atoms with Gasteiger partial charge in [-0.25, -0.2) is 0 Å². The molecule has 2 unspecified atom stereocenters. The van der Waals surface area contributed by atoms with Crippen molar-refractivity contribution in [3.05, 3.63) is 0 Å². The summed E-state index contributed by atoms with van der Waals surface area (Å²) in [4.78, 5) is 0. The average molecular weight is 228 g/mol. The molecule has 2 saturated carbocycles. The highest BCUT2D eigenvalue weighted by molar-refractivity contribution is 8.00. The predicted octanol–water partition coefficient (Wildman–Crippen LogP) is 3.60. The van der Waals surface area contributed by atoms with Gasteiger partial charge in [-0.15, -0.1) is 0 Å². The average Bonchev–Trinajstić information content (AvgIpc) is 2.22. The second-order valence-corrected chi connectivity index (χ2v) is 7.07. The van der Waals surface area contributed by atoms with Gasteiger partial charge in [0.05, 0.1) is 6.10 Å². The molecule has 2 heteroatoms. The minimum Gasteiger partial charge on any atom is -0.393 e. The first-order valence-corrected chi connectivity index (χ1v) is 7.52. The summed E-state index contributed by atoms with van der Waals surface area (Å²) < 4.78 is 0. The molecule has 0 bridgehead atoms. The van der Waals surface area contributed by atoms with E-state index in [9.17, 15) is 5.11 Å². The van der Waals surface area contributed by atoms with E-state index < -0.39 is 0 Å². The third-order valence-electron chi connectivity index (χ3n) is 3.95. The van der Waals surface area contributed by atoms with Crippen LogP contribution in [0.5, 0.6) is 0 Å². The zero-order valence-electron chi connectivity index (χ0n) is 9.82. The molecule has 0 aromatic rings. The molecule has 2 atom stereocenters. The number of hydrogen-bond donors (Lipinski definition) is 1. The summed E-state index contributed by atoms with van der Waals surface area (Å²) in [5.74, 6) is 0.957. The van der Waals surface area contributed by atoms with Crippen LogP contribution < -0.4 is 0 Å². The summed E-state index contributed by atoms with van der Waals surface area (Å²) in [6.07, 6.45) is 10.3. The number of aliphatic hydroxyl groups is 1. The standard InChI is InChI=1S/C13H24OS/c1-10-5-7-12(8-6-10)15-13-4-2-3-11(14)9-13/h10-14H,2-9H2,1H3. The van der Waals surface area contributed by atoms with Crippen molar-refractivity contribution in [3.8, 4) is 0 Å². The molecule has 2 aliphatic carbocycles. The predicted molar refractivity (Wildman–Crippen MR) is 67.3 cm³/mol. The fraction of sp³-hybridized carbons (Fsp3) is 1.00. The van der Waals surface area contributed by atoms with Crippen molar-refractivity contribution in [1.82, 2.24) is 0 Å². The number of rotatable bonds is 2. The Hall–Kier alpha value is 0.310. The Bertz CT molecular complexity index is 187. The Morgan fingerprint density at radius 3 is 2.33 bits per heavy atom. The van der Waals surface area contributed by atoms with Gasteiger partial charge in [-0.1, -0.05) is 6.92 Å². The highest BCUT2D eigenvalue weighted by atomic mass is 32.2. The van der Waals surface area contributed by atoms with Gasteiger partial charge in [0.2, 0.25) is 0 Å². The summed E-state index contributed by atoms with van der Waals surface area (Å²) in [5, 5.41) is 11.3. The van der Waals surface area contributed by atoms with Gasteiger partial charge in [-0.3, -0.25) is 0 Å². The van der Waals surface area contributed by atoms with E-state index in [1.807, 2.05) is 0 Å². The third-order valence-corrected chi connectivity index (χ3v) is 5.62. The summed E-state index contributed by atoms with van der Waals surface area (Å²) >= 11 is 2.19. The van der Waals surface area contributed by atoms with Crippen LogP contribution in [0, 0.1) is 5.92 Å². The van der Waals surface area contributed by atoms with Crippen LogP contribution in [0.1, 0.15) is 58.3 Å². The molecule has 0 heterocycles. The lowest BCUT2D eigenvalue weighted by Gasteiger charge is -2.32. The molecular formula is C13H24OS. The molecule has 0 aromatic carbocycles. The van der Waals surface area contributed by atoms with Crippen molar-refractivity contribution >= 4 is 11.8 Å². The van der Waals surface area contributed by atoms with Crippen molar-refractivity contribution in [2.24, 2.45) is 5.92 Å². The minimum absolute atomic E-state index is 0.00114. The van der Waals surface area contributed by atoms with E-state index >= 15 is 0 Å². The van der Waals surface area contributed by atoms with E-state index in [-0.39, 0.29) is 6.10 Å². The Kier molecular flexibility index (Phi) is 4.39. The van der Waals surface area contributed by atoms with Crippen LogP contribution >= 0.6 is 11.8 Å². The maximum atomic E-state index is 9.64. The number of hydrogen-bond acceptors (Lipinski definition) is 2. The van der Waals surface area contributed by atoms with Gasteiger partial charge in [-0.05, 0) is 57.3 Å². The van der Waals surface area contributed by atoms with Crippen LogP contribution in [-0.4, -0.2) is 21.7 Å². The largest absolute Gasteiger partial charge is 0.393 e. The van der Waals surface area contributed by atoms with Crippen LogP contribution in [0.3, 0.4) is 0 Å². The Morgan fingerprint density at radius 2 is 1.67 bits per heavy atom. The normalized spacial score (nSPS) is 42.8. The lowest BCUT2D eigenvalue weighted by molar-refractivity contribution is 0.133. The molecule has 0 aliphatic heterocycles. The summed E-state index contributed by atoms with van der Waals surface area (Å²) in [6, 6.07) is 0. The molecular weight excluding hydrogens is 204 g/mol. The monoisotopic (exact) mass is 228 g/mol. The Labute approximate surface area is 98.0 Å². The van der Waals surface area contributed by atoms with Crippen molar-refractivity contribution in [3.63, 3.8) is 0 Å². The van der Waals surface area contributed by atoms with Gasteiger partial charge in [0.25, 0.3) is 0 Å². The van der Waals surface area contributed by atoms with Crippen LogP contribution in [0.25, 0.3) is 0 Å². The fourth-order valence-corrected chi connectivity index (χ4v) is 4.61. The van der Waals surface area contributed by atoms with E-state index in [1.165, 1.54) is 38.5 Å². The first-order chi connectivity index (χ1) is 7.24. The number of aliphatic hydroxyl groups excluding tert-OH is 1. The second kappa shape index (κ2) is 5.58. The van der Waals surface area contributed by atoms with E-state index in [0.29, 0.717) is 0 Å². The Morgan fingerprint density at radius 1 is 0.933 bits per heavy atom. The van der Waals surface area contributed by atoms with E-state index in [0.717, 1.165) is 29.3 Å². The van der Waals surface area contributed by atoms with Gasteiger partial charge >= 0.3 is 0 Å². The van der Waals surface area contributed by atoms with E-state index in [1.54, 1.807) is 0 Å². The number of thioether (sulfide) groups is 1. The molecule has 1 nitrogen and oxygen atoms in total. The van der Waals surface area contributed by atoms with E-state index in [4.69, 9.17) is 0 Å². The Balaban J connectivity index is 1.71. The minimum atomic E-state index is -0.00114. The van der Waals surface area contributed by atoms with Crippen LogP contribution in [-0.2, 0) is 0 Å². The van der Waals surface area contributed by atoms with Gasteiger partial charge in [-0.2, -0.15) is 11.8 Å². The van der Waals surface area contributed by atoms with Crippen molar-refractivity contribution in [2.75, 3.05) is 0 Å². The molecule has 1 N–H and O–H groups in total. The van der Waals surface area contributed by atoms with Crippen LogP contribution in [0.15, 0.2) is 0 Å². The zero-order valence-corrected chi connectivity index (χ0v) is 10.6. The molecule has 2 aliphatic rings. The lowest BCUT2D eigenvalue weighted by atomic mass is 9.91. The van der Waals surface area contributed by atoms with Gasteiger partial charge in [0.1, 0.15) is 0 Å². The van der Waals surface area contributed by atoms with Gasteiger partial charge in [0, 0.05) is 10.5 Å². The molecule has 0 radical (unpaired) electrons. The zero-order chi connectivity index (χ0) is 10.7. The molecule has 2 fully saturated rings. The maximum Gasteiger partial charge on any atom is 0.0550 e. The highest BCUT2D eigenvalue weighted by Gasteiger charge is 2.25. The molecule has 0 aromatic heterocycles. The maximum absolute atomic E-state index is 9.64. The van der Waals surface area contributed by atoms with Crippen molar-refractivity contribution < 1.29 is 5.11 Å². The summed E-state index contributed by atoms with van der Waals surface area (Å²) in [7, 11) is 0. The molecule has 0 amide bonds. The topological polar surface area (TPSA) is 20.2 Å². The van der Waals surface area contributed by atoms with Crippen LogP contribution in [0.2, 0.25) is 0 Å². The fourth-order valence-electron chi connectivity index (χ4n) is 2.88. The quantitative estimate of drug-likeness (QED) is 0.779. The van der Waals surface area contributed by atoms with Gasteiger partial charge in [0.15, 0.2) is 0 Å². The molecule has 2 rings (SSSR count). The molecule has 0 spiro atoms. The first kappa shape index (κ1) is 11.8. The SMILES string of the molecule is CC1CCC(SC2CCCC(O)C2)CC1. The first-order valence-electron chi connectivity index (χ1n) is 6.57. The highest BCUT2D eigenvalue weighted by Crippen LogP contribution is 2.38. The molecule has 0 saturated heterocycles. The van der Waals surface area contributed by atoms with Gasteiger partial charge < -0.3 is 5.11 Å². The summed E-state index contributed by atoms with van der Waals surface area (Å²) in [6.45, 7) is 2.38. The van der Waals surface area contributed by atoms with Crippen molar-refractivity contribution in [2.45, 2.75) is 74.9 Å². The van der Waals surface area contributed by atoms with Crippen LogP contribution in [0.4, 0.5) is 0 Å². The molecule has 88 valence electrons. The summed E-state index contributed by atoms with van der Waals surface area (Å²) in [5.41, 5.74) is 0. The second-order valence-electron chi connectivity index (χ2n) is 5.46.